The van der Waals surface area contributed by atoms with Crippen LogP contribution in [-0.4, -0.2) is 75.5 Å². The standard InChI is InChI=1S/2C18H24N2O3/c1-13-10-14-12-19-20(17-4-2-3-7-23-17)16(14)11-15(13)18(21)5-8-22-9-6-18;1-12-8-13-10-19-20(18-4-2-3-6-23-18)16(13)9-15(12)14-5-7-22-11-17(14)21/h10-12,17,21H,2-9H2,1H3;8-10,14,17-18,21H,2-7,11H2,1H3. The van der Waals surface area contributed by atoms with E-state index in [-0.39, 0.29) is 18.4 Å². The van der Waals surface area contributed by atoms with Gasteiger partial charge < -0.3 is 29.2 Å². The monoisotopic (exact) mass is 632 g/mol. The molecule has 10 nitrogen and oxygen atoms in total. The van der Waals surface area contributed by atoms with E-state index in [1.165, 1.54) is 24.0 Å². The second-order valence-electron chi connectivity index (χ2n) is 13.5. The average molecular weight is 633 g/mol. The number of rotatable bonds is 4. The minimum atomic E-state index is -0.793. The first-order valence-corrected chi connectivity index (χ1v) is 17.2. The maximum atomic E-state index is 11.1. The summed E-state index contributed by atoms with van der Waals surface area (Å²) in [6, 6.07) is 8.62. The fourth-order valence-electron chi connectivity index (χ4n) is 7.69. The summed E-state index contributed by atoms with van der Waals surface area (Å²) >= 11 is 0. The molecule has 4 aliphatic heterocycles. The van der Waals surface area contributed by atoms with Crippen LogP contribution in [0.2, 0.25) is 0 Å². The Hall–Kier alpha value is -2.86. The van der Waals surface area contributed by atoms with Crippen molar-refractivity contribution in [2.75, 3.05) is 39.6 Å². The number of aliphatic hydroxyl groups excluding tert-OH is 1. The average Bonchev–Trinajstić information content (AvgIpc) is 3.69. The van der Waals surface area contributed by atoms with Crippen molar-refractivity contribution in [1.29, 1.82) is 0 Å². The summed E-state index contributed by atoms with van der Waals surface area (Å²) < 4.78 is 26.6. The Labute approximate surface area is 270 Å². The number of hydrogen-bond donors (Lipinski definition) is 2. The first kappa shape index (κ1) is 31.7. The van der Waals surface area contributed by atoms with Crippen molar-refractivity contribution < 1.29 is 29.2 Å². The largest absolute Gasteiger partial charge is 0.390 e. The third-order valence-corrected chi connectivity index (χ3v) is 10.3. The van der Waals surface area contributed by atoms with E-state index in [1.807, 2.05) is 21.8 Å². The van der Waals surface area contributed by atoms with Gasteiger partial charge in [-0.25, -0.2) is 9.36 Å². The van der Waals surface area contributed by atoms with E-state index < -0.39 is 11.7 Å². The molecule has 4 aromatic rings. The van der Waals surface area contributed by atoms with Crippen molar-refractivity contribution in [1.82, 2.24) is 19.6 Å². The number of nitrogens with zero attached hydrogens (tertiary/aromatic N) is 4. The number of aliphatic hydroxyl groups is 2. The molecule has 248 valence electrons. The molecule has 4 aliphatic rings. The van der Waals surface area contributed by atoms with Gasteiger partial charge in [0, 0.05) is 62.6 Å². The molecular weight excluding hydrogens is 584 g/mol. The summed E-state index contributed by atoms with van der Waals surface area (Å²) in [5, 5.41) is 32.8. The minimum absolute atomic E-state index is 0.0149. The number of aryl methyl sites for hydroxylation is 2. The molecule has 10 heteroatoms. The second kappa shape index (κ2) is 13.7. The molecular formula is C36H48N4O6. The van der Waals surface area contributed by atoms with E-state index in [0.29, 0.717) is 39.3 Å². The van der Waals surface area contributed by atoms with E-state index >= 15 is 0 Å². The molecule has 4 atom stereocenters. The lowest BCUT2D eigenvalue weighted by Crippen LogP contribution is -2.34. The summed E-state index contributed by atoms with van der Waals surface area (Å²) in [6.45, 7) is 8.15. The van der Waals surface area contributed by atoms with Gasteiger partial charge in [-0.1, -0.05) is 0 Å². The van der Waals surface area contributed by atoms with Gasteiger partial charge in [-0.2, -0.15) is 10.2 Å². The highest BCUT2D eigenvalue weighted by Crippen LogP contribution is 2.38. The van der Waals surface area contributed by atoms with Crippen molar-refractivity contribution in [2.45, 2.75) is 102 Å². The number of aromatic nitrogens is 4. The molecule has 0 saturated carbocycles. The molecule has 4 fully saturated rings. The zero-order chi connectivity index (χ0) is 31.7. The van der Waals surface area contributed by atoms with Gasteiger partial charge in [-0.15, -0.1) is 0 Å². The number of hydrogen-bond acceptors (Lipinski definition) is 8. The molecule has 0 radical (unpaired) electrons. The molecule has 0 bridgehead atoms. The van der Waals surface area contributed by atoms with Gasteiger partial charge in [0.2, 0.25) is 0 Å². The van der Waals surface area contributed by atoms with Crippen LogP contribution in [0.15, 0.2) is 36.7 Å². The molecule has 4 unspecified atom stereocenters. The van der Waals surface area contributed by atoms with Crippen molar-refractivity contribution in [3.8, 4) is 0 Å². The van der Waals surface area contributed by atoms with Gasteiger partial charge in [0.05, 0.1) is 41.7 Å². The first-order chi connectivity index (χ1) is 22.4. The molecule has 0 amide bonds. The van der Waals surface area contributed by atoms with Crippen LogP contribution < -0.4 is 0 Å². The summed E-state index contributed by atoms with van der Waals surface area (Å²) in [5.41, 5.74) is 5.92. The SMILES string of the molecule is Cc1cc2cnn(C3CCCCO3)c2cc1C1(O)CCOCC1.Cc1cc2cnn(C3CCCCO3)c2cc1C1CCOCC1O. The normalized spacial score (nSPS) is 27.0. The van der Waals surface area contributed by atoms with Gasteiger partial charge in [0.15, 0.2) is 12.5 Å². The Balaban J connectivity index is 0.000000147. The smallest absolute Gasteiger partial charge is 0.150 e. The van der Waals surface area contributed by atoms with Gasteiger partial charge in [-0.3, -0.25) is 0 Å². The quantitative estimate of drug-likeness (QED) is 0.284. The van der Waals surface area contributed by atoms with Gasteiger partial charge in [0.1, 0.15) is 0 Å². The van der Waals surface area contributed by atoms with Crippen molar-refractivity contribution in [2.24, 2.45) is 0 Å². The molecule has 46 heavy (non-hydrogen) atoms. The maximum absolute atomic E-state index is 11.1. The predicted octanol–water partition coefficient (Wildman–Crippen LogP) is 5.95. The highest BCUT2D eigenvalue weighted by Gasteiger charge is 2.34. The van der Waals surface area contributed by atoms with Crippen molar-refractivity contribution in [3.63, 3.8) is 0 Å². The number of fused-ring (bicyclic) bond motifs is 2. The topological polar surface area (TPSA) is 113 Å². The summed E-state index contributed by atoms with van der Waals surface area (Å²) in [4.78, 5) is 0. The van der Waals surface area contributed by atoms with Crippen LogP contribution in [-0.2, 0) is 24.5 Å². The van der Waals surface area contributed by atoms with Gasteiger partial charge >= 0.3 is 0 Å². The Morgan fingerprint density at radius 2 is 1.33 bits per heavy atom. The van der Waals surface area contributed by atoms with E-state index in [1.54, 1.807) is 0 Å². The highest BCUT2D eigenvalue weighted by molar-refractivity contribution is 5.81. The fraction of sp³-hybridized carbons (Fsp3) is 0.611. The third-order valence-electron chi connectivity index (χ3n) is 10.3. The van der Waals surface area contributed by atoms with Crippen LogP contribution in [0.5, 0.6) is 0 Å². The van der Waals surface area contributed by atoms with E-state index in [9.17, 15) is 10.2 Å². The Bertz CT molecular complexity index is 1630. The van der Waals surface area contributed by atoms with Crippen molar-refractivity contribution >= 4 is 21.8 Å². The minimum Gasteiger partial charge on any atom is -0.390 e. The molecule has 2 aromatic heterocycles. The van der Waals surface area contributed by atoms with E-state index in [2.05, 4.69) is 48.3 Å². The summed E-state index contributed by atoms with van der Waals surface area (Å²) in [5.74, 6) is 0.142. The van der Waals surface area contributed by atoms with Crippen LogP contribution in [0.4, 0.5) is 0 Å². The lowest BCUT2D eigenvalue weighted by Gasteiger charge is -2.34. The molecule has 2 N–H and O–H groups in total. The van der Waals surface area contributed by atoms with Gasteiger partial charge in [-0.05, 0) is 105 Å². The first-order valence-electron chi connectivity index (χ1n) is 17.2. The van der Waals surface area contributed by atoms with Crippen LogP contribution in [0.25, 0.3) is 21.8 Å². The van der Waals surface area contributed by atoms with Crippen molar-refractivity contribution in [3.05, 3.63) is 58.9 Å². The Kier molecular flexibility index (Phi) is 9.45. The molecule has 8 rings (SSSR count). The zero-order valence-corrected chi connectivity index (χ0v) is 27.2. The zero-order valence-electron chi connectivity index (χ0n) is 27.2. The van der Waals surface area contributed by atoms with Crippen LogP contribution in [0.1, 0.15) is 98.4 Å². The van der Waals surface area contributed by atoms with Crippen LogP contribution in [0, 0.1) is 13.8 Å². The fourth-order valence-corrected chi connectivity index (χ4v) is 7.69. The Morgan fingerprint density at radius 3 is 1.91 bits per heavy atom. The Morgan fingerprint density at radius 1 is 0.717 bits per heavy atom. The van der Waals surface area contributed by atoms with Gasteiger partial charge in [0.25, 0.3) is 0 Å². The number of benzene rings is 2. The van der Waals surface area contributed by atoms with Crippen LogP contribution in [0.3, 0.4) is 0 Å². The summed E-state index contributed by atoms with van der Waals surface area (Å²) in [6.07, 6.45) is 12.2. The third kappa shape index (κ3) is 6.35. The lowest BCUT2D eigenvalue weighted by atomic mass is 9.83. The highest BCUT2D eigenvalue weighted by atomic mass is 16.5. The van der Waals surface area contributed by atoms with E-state index in [0.717, 1.165) is 78.3 Å². The lowest BCUT2D eigenvalue weighted by molar-refractivity contribution is -0.0682. The molecule has 2 aromatic carbocycles. The molecule has 4 saturated heterocycles. The molecule has 0 aliphatic carbocycles. The maximum Gasteiger partial charge on any atom is 0.150 e. The van der Waals surface area contributed by atoms with Crippen LogP contribution >= 0.6 is 0 Å². The molecule has 0 spiro atoms. The predicted molar refractivity (Wildman–Crippen MR) is 175 cm³/mol. The molecule has 6 heterocycles. The number of ether oxygens (including phenoxy) is 4. The second-order valence-corrected chi connectivity index (χ2v) is 13.5. The summed E-state index contributed by atoms with van der Waals surface area (Å²) in [7, 11) is 0. The van der Waals surface area contributed by atoms with E-state index in [4.69, 9.17) is 18.9 Å².